The number of fused-ring (bicyclic) bond motifs is 3. The molecule has 4 rings (SSSR count). The molecule has 0 saturated carbocycles. The van der Waals surface area contributed by atoms with E-state index in [1.54, 1.807) is 0 Å². The first kappa shape index (κ1) is 20.9. The van der Waals surface area contributed by atoms with E-state index in [4.69, 9.17) is 14.6 Å². The number of nitrogens with one attached hydrogen (secondary N) is 2. The Morgan fingerprint density at radius 1 is 1.10 bits per heavy atom. The molecule has 31 heavy (non-hydrogen) atoms. The van der Waals surface area contributed by atoms with Gasteiger partial charge < -0.3 is 25.2 Å². The third-order valence-electron chi connectivity index (χ3n) is 5.73. The highest BCUT2D eigenvalue weighted by atomic mass is 16.5. The number of carboxylic acid groups (broad SMARTS) is 1. The molecule has 0 aromatic heterocycles. The molecule has 8 heteroatoms. The zero-order valence-electron chi connectivity index (χ0n) is 17.0. The third kappa shape index (κ3) is 4.25. The number of benzene rings is 2. The smallest absolute Gasteiger partial charge is 0.407 e. The quantitative estimate of drug-likeness (QED) is 0.656. The molecule has 1 saturated heterocycles. The lowest BCUT2D eigenvalue weighted by Gasteiger charge is -2.20. The number of carboxylic acids is 1. The summed E-state index contributed by atoms with van der Waals surface area (Å²) >= 11 is 0. The Morgan fingerprint density at radius 2 is 1.71 bits per heavy atom. The summed E-state index contributed by atoms with van der Waals surface area (Å²) in [5.41, 5.74) is 4.46. The summed E-state index contributed by atoms with van der Waals surface area (Å²) in [4.78, 5) is 35.8. The van der Waals surface area contributed by atoms with Crippen molar-refractivity contribution in [3.05, 3.63) is 59.7 Å². The Kier molecular flexibility index (Phi) is 5.90. The zero-order chi connectivity index (χ0) is 22.0. The van der Waals surface area contributed by atoms with Crippen LogP contribution in [0.4, 0.5) is 4.79 Å². The van der Waals surface area contributed by atoms with Gasteiger partial charge >= 0.3 is 12.1 Å². The SMILES string of the molecule is CC(NC(=O)OCC1c2ccccc2-c2ccccc21)C(=O)N[C@H]1CCO[C@H]1C(=O)O. The molecule has 1 aliphatic carbocycles. The van der Waals surface area contributed by atoms with Crippen LogP contribution < -0.4 is 10.6 Å². The molecule has 8 nitrogen and oxygen atoms in total. The number of rotatable bonds is 6. The van der Waals surface area contributed by atoms with Crippen LogP contribution in [-0.4, -0.2) is 54.5 Å². The van der Waals surface area contributed by atoms with E-state index in [1.807, 2.05) is 36.4 Å². The molecule has 0 spiro atoms. The van der Waals surface area contributed by atoms with Gasteiger partial charge in [0.05, 0.1) is 6.04 Å². The number of aliphatic carboxylic acids is 1. The van der Waals surface area contributed by atoms with Crippen molar-refractivity contribution in [3.8, 4) is 11.1 Å². The minimum Gasteiger partial charge on any atom is -0.479 e. The summed E-state index contributed by atoms with van der Waals surface area (Å²) in [7, 11) is 0. The highest BCUT2D eigenvalue weighted by Crippen LogP contribution is 2.44. The Bertz CT molecular complexity index is 962. The van der Waals surface area contributed by atoms with Gasteiger partial charge in [-0.1, -0.05) is 48.5 Å². The molecule has 162 valence electrons. The molecule has 1 heterocycles. The standard InChI is InChI=1S/C23H24N2O6/c1-13(21(26)25-19-10-11-30-20(19)22(27)28)24-23(29)31-12-18-16-8-4-2-6-14(16)15-7-3-5-9-17(15)18/h2-9,13,18-20H,10-12H2,1H3,(H,24,29)(H,25,26)(H,27,28)/t13?,19-,20+/m0/s1. The second kappa shape index (κ2) is 8.77. The predicted molar refractivity (Wildman–Crippen MR) is 112 cm³/mol. The van der Waals surface area contributed by atoms with Gasteiger partial charge in [0.15, 0.2) is 6.10 Å². The van der Waals surface area contributed by atoms with Gasteiger partial charge in [-0.05, 0) is 35.6 Å². The fourth-order valence-corrected chi connectivity index (χ4v) is 4.17. The van der Waals surface area contributed by atoms with Gasteiger partial charge in [0, 0.05) is 12.5 Å². The summed E-state index contributed by atoms with van der Waals surface area (Å²) in [5, 5.41) is 14.3. The topological polar surface area (TPSA) is 114 Å². The number of amides is 2. The average Bonchev–Trinajstić information content (AvgIpc) is 3.35. The molecule has 3 N–H and O–H groups in total. The van der Waals surface area contributed by atoms with Gasteiger partial charge in [0.2, 0.25) is 5.91 Å². The summed E-state index contributed by atoms with van der Waals surface area (Å²) in [5.74, 6) is -1.69. The molecule has 0 bridgehead atoms. The highest BCUT2D eigenvalue weighted by molar-refractivity contribution is 5.86. The molecule has 2 aliphatic rings. The zero-order valence-corrected chi connectivity index (χ0v) is 17.0. The molecular formula is C23H24N2O6. The first-order valence-electron chi connectivity index (χ1n) is 10.2. The number of carbonyl (C=O) groups excluding carboxylic acids is 2. The number of alkyl carbamates (subject to hydrolysis) is 1. The van der Waals surface area contributed by atoms with Crippen LogP contribution in [0.25, 0.3) is 11.1 Å². The number of hydrogen-bond acceptors (Lipinski definition) is 5. The summed E-state index contributed by atoms with van der Waals surface area (Å²) in [6, 6.07) is 14.5. The Hall–Kier alpha value is -3.39. The highest BCUT2D eigenvalue weighted by Gasteiger charge is 2.36. The maximum Gasteiger partial charge on any atom is 0.407 e. The van der Waals surface area contributed by atoms with Gasteiger partial charge in [-0.25, -0.2) is 9.59 Å². The summed E-state index contributed by atoms with van der Waals surface area (Å²) in [6.45, 7) is 1.92. The fraction of sp³-hybridized carbons (Fsp3) is 0.348. The molecule has 1 fully saturated rings. The van der Waals surface area contributed by atoms with Crippen molar-refractivity contribution in [1.29, 1.82) is 0 Å². The lowest BCUT2D eigenvalue weighted by Crippen LogP contribution is -2.51. The van der Waals surface area contributed by atoms with Gasteiger partial charge in [-0.3, -0.25) is 4.79 Å². The summed E-state index contributed by atoms with van der Waals surface area (Å²) in [6.07, 6.45) is -1.38. The van der Waals surface area contributed by atoms with Crippen LogP contribution in [0.3, 0.4) is 0 Å². The van der Waals surface area contributed by atoms with Crippen LogP contribution >= 0.6 is 0 Å². The van der Waals surface area contributed by atoms with E-state index in [2.05, 4.69) is 22.8 Å². The lowest BCUT2D eigenvalue weighted by atomic mass is 9.98. The van der Waals surface area contributed by atoms with E-state index in [0.717, 1.165) is 22.3 Å². The molecule has 1 aliphatic heterocycles. The molecular weight excluding hydrogens is 400 g/mol. The lowest BCUT2D eigenvalue weighted by molar-refractivity contribution is -0.148. The largest absolute Gasteiger partial charge is 0.479 e. The molecule has 2 aromatic carbocycles. The Balaban J connectivity index is 1.33. The van der Waals surface area contributed by atoms with Crippen molar-refractivity contribution in [2.24, 2.45) is 0 Å². The van der Waals surface area contributed by atoms with Crippen molar-refractivity contribution in [1.82, 2.24) is 10.6 Å². The van der Waals surface area contributed by atoms with E-state index < -0.39 is 36.2 Å². The second-order valence-electron chi connectivity index (χ2n) is 7.72. The first-order chi connectivity index (χ1) is 15.0. The van der Waals surface area contributed by atoms with Gasteiger partial charge in [0.1, 0.15) is 12.6 Å². The van der Waals surface area contributed by atoms with Crippen molar-refractivity contribution in [3.63, 3.8) is 0 Å². The second-order valence-corrected chi connectivity index (χ2v) is 7.72. The Morgan fingerprint density at radius 3 is 2.32 bits per heavy atom. The number of carbonyl (C=O) groups is 3. The van der Waals surface area contributed by atoms with Crippen LogP contribution in [-0.2, 0) is 19.1 Å². The van der Waals surface area contributed by atoms with E-state index in [-0.39, 0.29) is 19.1 Å². The van der Waals surface area contributed by atoms with Crippen LogP contribution in [0.1, 0.15) is 30.4 Å². The van der Waals surface area contributed by atoms with Crippen LogP contribution in [0.5, 0.6) is 0 Å². The van der Waals surface area contributed by atoms with Gasteiger partial charge in [0.25, 0.3) is 0 Å². The van der Waals surface area contributed by atoms with E-state index >= 15 is 0 Å². The number of hydrogen-bond donors (Lipinski definition) is 3. The van der Waals surface area contributed by atoms with Crippen LogP contribution in [0, 0.1) is 0 Å². The minimum absolute atomic E-state index is 0.0748. The number of ether oxygens (including phenoxy) is 2. The minimum atomic E-state index is -1.13. The molecule has 0 radical (unpaired) electrons. The van der Waals surface area contributed by atoms with Crippen molar-refractivity contribution >= 4 is 18.0 Å². The molecule has 3 atom stereocenters. The van der Waals surface area contributed by atoms with Gasteiger partial charge in [-0.15, -0.1) is 0 Å². The van der Waals surface area contributed by atoms with Gasteiger partial charge in [-0.2, -0.15) is 0 Å². The average molecular weight is 424 g/mol. The van der Waals surface area contributed by atoms with Crippen molar-refractivity contribution < 1.29 is 29.0 Å². The molecule has 1 unspecified atom stereocenters. The van der Waals surface area contributed by atoms with Crippen LogP contribution in [0.15, 0.2) is 48.5 Å². The van der Waals surface area contributed by atoms with E-state index in [1.165, 1.54) is 6.92 Å². The van der Waals surface area contributed by atoms with E-state index in [9.17, 15) is 14.4 Å². The summed E-state index contributed by atoms with van der Waals surface area (Å²) < 4.78 is 10.6. The molecule has 2 aromatic rings. The predicted octanol–water partition coefficient (Wildman–Crippen LogP) is 2.27. The Labute approximate surface area is 179 Å². The normalized spacial score (nSPS) is 20.4. The maximum absolute atomic E-state index is 12.4. The van der Waals surface area contributed by atoms with Crippen LogP contribution in [0.2, 0.25) is 0 Å². The monoisotopic (exact) mass is 424 g/mol. The molecule has 2 amide bonds. The fourth-order valence-electron chi connectivity index (χ4n) is 4.17. The third-order valence-corrected chi connectivity index (χ3v) is 5.73. The first-order valence-corrected chi connectivity index (χ1v) is 10.2. The van der Waals surface area contributed by atoms with Crippen molar-refractivity contribution in [2.45, 2.75) is 37.5 Å². The maximum atomic E-state index is 12.4. The van der Waals surface area contributed by atoms with E-state index in [0.29, 0.717) is 6.42 Å². The van der Waals surface area contributed by atoms with Crippen molar-refractivity contribution in [2.75, 3.05) is 13.2 Å².